The molecule has 0 saturated carbocycles. The summed E-state index contributed by atoms with van der Waals surface area (Å²) in [5.74, 6) is -0.117. The van der Waals surface area contributed by atoms with E-state index in [1.54, 1.807) is 0 Å². The van der Waals surface area contributed by atoms with Gasteiger partial charge in [0.25, 0.3) is 10.1 Å². The van der Waals surface area contributed by atoms with Crippen molar-refractivity contribution in [1.82, 2.24) is 4.98 Å². The van der Waals surface area contributed by atoms with Gasteiger partial charge in [0.15, 0.2) is 4.90 Å². The van der Waals surface area contributed by atoms with Crippen LogP contribution in [0, 0.1) is 6.92 Å². The minimum absolute atomic E-state index is 0.117. The third kappa shape index (κ3) is 2.05. The van der Waals surface area contributed by atoms with E-state index in [0.29, 0.717) is 10.0 Å². The lowest BCUT2D eigenvalue weighted by Crippen LogP contribution is -2.06. The number of pyridine rings is 1. The van der Waals surface area contributed by atoms with Gasteiger partial charge in [-0.15, -0.1) is 0 Å². The molecule has 5 nitrogen and oxygen atoms in total. The summed E-state index contributed by atoms with van der Waals surface area (Å²) in [7, 11) is -3.03. The Morgan fingerprint density at radius 2 is 2.14 bits per heavy atom. The van der Waals surface area contributed by atoms with Gasteiger partial charge in [-0.3, -0.25) is 4.55 Å². The molecule has 0 saturated heterocycles. The SMILES string of the molecule is COc1ncc(Br)c(C)c1S(=O)(=O)O. The molecule has 1 rings (SSSR count). The van der Waals surface area contributed by atoms with Crippen molar-refractivity contribution in [1.29, 1.82) is 0 Å². The van der Waals surface area contributed by atoms with E-state index in [-0.39, 0.29) is 10.8 Å². The Kier molecular flexibility index (Phi) is 3.13. The van der Waals surface area contributed by atoms with Crippen LogP contribution in [0.4, 0.5) is 0 Å². The number of methoxy groups -OCH3 is 1. The Balaban J connectivity index is 3.60. The fourth-order valence-electron chi connectivity index (χ4n) is 0.989. The predicted molar refractivity (Wildman–Crippen MR) is 53.0 cm³/mol. The van der Waals surface area contributed by atoms with Crippen LogP contribution in [-0.4, -0.2) is 25.1 Å². The first-order chi connectivity index (χ1) is 6.38. The van der Waals surface area contributed by atoms with Gasteiger partial charge in [0.2, 0.25) is 5.88 Å². The van der Waals surface area contributed by atoms with Crippen LogP contribution in [0.25, 0.3) is 0 Å². The van der Waals surface area contributed by atoms with Crippen LogP contribution in [0.15, 0.2) is 15.6 Å². The molecule has 0 aromatic carbocycles. The van der Waals surface area contributed by atoms with Gasteiger partial charge >= 0.3 is 0 Å². The van der Waals surface area contributed by atoms with Crippen LogP contribution >= 0.6 is 15.9 Å². The van der Waals surface area contributed by atoms with E-state index >= 15 is 0 Å². The van der Waals surface area contributed by atoms with E-state index in [4.69, 9.17) is 9.29 Å². The summed E-state index contributed by atoms with van der Waals surface area (Å²) < 4.78 is 36.2. The number of hydrogen-bond donors (Lipinski definition) is 1. The third-order valence-electron chi connectivity index (χ3n) is 1.64. The Hall–Kier alpha value is -0.660. The smallest absolute Gasteiger partial charge is 0.300 e. The van der Waals surface area contributed by atoms with Gasteiger partial charge in [-0.2, -0.15) is 8.42 Å². The second kappa shape index (κ2) is 3.84. The van der Waals surface area contributed by atoms with Crippen molar-refractivity contribution in [3.05, 3.63) is 16.2 Å². The average Bonchev–Trinajstić information content (AvgIpc) is 2.07. The van der Waals surface area contributed by atoms with Crippen LogP contribution in [0.3, 0.4) is 0 Å². The molecule has 0 atom stereocenters. The molecule has 0 aliphatic carbocycles. The monoisotopic (exact) mass is 281 g/mol. The molecular weight excluding hydrogens is 274 g/mol. The number of hydrogen-bond acceptors (Lipinski definition) is 4. The first-order valence-electron chi connectivity index (χ1n) is 3.54. The number of halogens is 1. The molecule has 0 radical (unpaired) electrons. The average molecular weight is 282 g/mol. The number of aromatic nitrogens is 1. The zero-order valence-corrected chi connectivity index (χ0v) is 9.89. The summed E-state index contributed by atoms with van der Waals surface area (Å²) >= 11 is 3.11. The van der Waals surface area contributed by atoms with E-state index in [1.165, 1.54) is 20.2 Å². The van der Waals surface area contributed by atoms with E-state index in [0.717, 1.165) is 0 Å². The molecule has 0 aliphatic rings. The van der Waals surface area contributed by atoms with Crippen LogP contribution in [0.1, 0.15) is 5.56 Å². The summed E-state index contributed by atoms with van der Waals surface area (Å²) in [6.07, 6.45) is 1.41. The molecule has 0 spiro atoms. The molecule has 1 aromatic heterocycles. The van der Waals surface area contributed by atoms with Gasteiger partial charge in [-0.1, -0.05) is 0 Å². The summed E-state index contributed by atoms with van der Waals surface area (Å²) in [5, 5.41) is 0. The first kappa shape index (κ1) is 11.4. The highest BCUT2D eigenvalue weighted by Gasteiger charge is 2.22. The largest absolute Gasteiger partial charge is 0.480 e. The molecule has 1 aromatic rings. The maximum absolute atomic E-state index is 11.0. The highest BCUT2D eigenvalue weighted by molar-refractivity contribution is 9.10. The summed E-state index contributed by atoms with van der Waals surface area (Å²) in [6.45, 7) is 1.54. The molecule has 0 fully saturated rings. The van der Waals surface area contributed by atoms with E-state index in [1.807, 2.05) is 0 Å². The fourth-order valence-corrected chi connectivity index (χ4v) is 2.27. The van der Waals surface area contributed by atoms with E-state index in [2.05, 4.69) is 20.9 Å². The molecule has 1 heterocycles. The van der Waals surface area contributed by atoms with E-state index < -0.39 is 10.1 Å². The topological polar surface area (TPSA) is 76.5 Å². The highest BCUT2D eigenvalue weighted by atomic mass is 79.9. The molecule has 14 heavy (non-hydrogen) atoms. The lowest BCUT2D eigenvalue weighted by atomic mass is 10.3. The van der Waals surface area contributed by atoms with Crippen molar-refractivity contribution in [3.63, 3.8) is 0 Å². The first-order valence-corrected chi connectivity index (χ1v) is 5.77. The fraction of sp³-hybridized carbons (Fsp3) is 0.286. The molecule has 0 amide bonds. The lowest BCUT2D eigenvalue weighted by molar-refractivity contribution is 0.379. The molecule has 0 aliphatic heterocycles. The lowest BCUT2D eigenvalue weighted by Gasteiger charge is -2.08. The second-order valence-corrected chi connectivity index (χ2v) is 4.76. The van der Waals surface area contributed by atoms with Gasteiger partial charge in [-0.05, 0) is 28.4 Å². The van der Waals surface area contributed by atoms with Crippen LogP contribution < -0.4 is 4.74 Å². The molecular formula is C7H8BrNO4S. The van der Waals surface area contributed by atoms with Crippen molar-refractivity contribution in [2.45, 2.75) is 11.8 Å². The Labute approximate surface area is 90.0 Å². The van der Waals surface area contributed by atoms with Crippen molar-refractivity contribution in [3.8, 4) is 5.88 Å². The maximum Gasteiger partial charge on any atom is 0.300 e. The Bertz CT molecular complexity index is 457. The number of nitrogens with zero attached hydrogens (tertiary/aromatic N) is 1. The predicted octanol–water partition coefficient (Wildman–Crippen LogP) is 1.41. The number of rotatable bonds is 2. The molecule has 7 heteroatoms. The minimum Gasteiger partial charge on any atom is -0.480 e. The van der Waals surface area contributed by atoms with Crippen LogP contribution in [0.2, 0.25) is 0 Å². The van der Waals surface area contributed by atoms with Gasteiger partial charge < -0.3 is 4.74 Å². The highest BCUT2D eigenvalue weighted by Crippen LogP contribution is 2.29. The molecule has 0 unspecified atom stereocenters. The Morgan fingerprint density at radius 3 is 2.57 bits per heavy atom. The molecule has 1 N–H and O–H groups in total. The summed E-state index contributed by atoms with van der Waals surface area (Å²) in [4.78, 5) is 3.40. The van der Waals surface area contributed by atoms with Crippen molar-refractivity contribution >= 4 is 26.0 Å². The van der Waals surface area contributed by atoms with Crippen LogP contribution in [-0.2, 0) is 10.1 Å². The standard InChI is InChI=1S/C7H8BrNO4S/c1-4-5(8)3-9-7(13-2)6(4)14(10,11)12/h3H,1-2H3,(H,10,11,12). The Morgan fingerprint density at radius 1 is 1.57 bits per heavy atom. The van der Waals surface area contributed by atoms with Gasteiger partial charge in [-0.25, -0.2) is 4.98 Å². The van der Waals surface area contributed by atoms with Gasteiger partial charge in [0.05, 0.1) is 7.11 Å². The van der Waals surface area contributed by atoms with Crippen LogP contribution in [0.5, 0.6) is 5.88 Å². The van der Waals surface area contributed by atoms with Crippen molar-refractivity contribution in [2.24, 2.45) is 0 Å². The van der Waals surface area contributed by atoms with Gasteiger partial charge in [0, 0.05) is 10.7 Å². The second-order valence-electron chi connectivity index (χ2n) is 2.54. The zero-order chi connectivity index (χ0) is 10.9. The van der Waals surface area contributed by atoms with Crippen molar-refractivity contribution in [2.75, 3.05) is 7.11 Å². The number of ether oxygens (including phenoxy) is 1. The normalized spacial score (nSPS) is 11.4. The minimum atomic E-state index is -4.32. The maximum atomic E-state index is 11.0. The van der Waals surface area contributed by atoms with Gasteiger partial charge in [0.1, 0.15) is 0 Å². The summed E-state index contributed by atoms with van der Waals surface area (Å²) in [5.41, 5.74) is 0.361. The van der Waals surface area contributed by atoms with E-state index in [9.17, 15) is 8.42 Å². The quantitative estimate of drug-likeness (QED) is 0.830. The molecule has 0 bridgehead atoms. The molecule has 78 valence electrons. The van der Waals surface area contributed by atoms with Crippen molar-refractivity contribution < 1.29 is 17.7 Å². The third-order valence-corrected chi connectivity index (χ3v) is 3.44. The zero-order valence-electron chi connectivity index (χ0n) is 7.48. The summed E-state index contributed by atoms with van der Waals surface area (Å²) in [6, 6.07) is 0.